The fourth-order valence-corrected chi connectivity index (χ4v) is 1.61. The number of aryl methyl sites for hydroxylation is 1. The number of benzene rings is 1. The molecule has 0 saturated carbocycles. The third-order valence-electron chi connectivity index (χ3n) is 2.59. The van der Waals surface area contributed by atoms with Crippen LogP contribution in [0.15, 0.2) is 42.7 Å². The van der Waals surface area contributed by atoms with Gasteiger partial charge in [0.2, 0.25) is 0 Å². The van der Waals surface area contributed by atoms with E-state index in [2.05, 4.69) is 15.6 Å². The van der Waals surface area contributed by atoms with Crippen LogP contribution in [-0.2, 0) is 6.54 Å². The van der Waals surface area contributed by atoms with Gasteiger partial charge in [0, 0.05) is 12.7 Å². The van der Waals surface area contributed by atoms with E-state index in [1.807, 2.05) is 0 Å². The summed E-state index contributed by atoms with van der Waals surface area (Å²) in [4.78, 5) is 15.5. The highest BCUT2D eigenvalue weighted by molar-refractivity contribution is 5.88. The summed E-state index contributed by atoms with van der Waals surface area (Å²) in [6.07, 6.45) is 3.19. The van der Waals surface area contributed by atoms with E-state index in [0.717, 1.165) is 5.56 Å². The van der Waals surface area contributed by atoms with Crippen molar-refractivity contribution in [1.29, 1.82) is 0 Å². The monoisotopic (exact) mass is 259 g/mol. The normalized spacial score (nSPS) is 10.0. The molecule has 0 radical (unpaired) electrons. The number of nitrogens with zero attached hydrogens (tertiary/aromatic N) is 1. The molecular weight excluding hydrogens is 245 g/mol. The smallest absolute Gasteiger partial charge is 0.319 e. The maximum absolute atomic E-state index is 13.1. The average Bonchev–Trinajstić information content (AvgIpc) is 2.41. The lowest BCUT2D eigenvalue weighted by Gasteiger charge is -2.08. The van der Waals surface area contributed by atoms with Gasteiger partial charge in [-0.25, -0.2) is 9.18 Å². The van der Waals surface area contributed by atoms with Crippen molar-refractivity contribution in [3.63, 3.8) is 0 Å². The van der Waals surface area contributed by atoms with Gasteiger partial charge in [0.05, 0.1) is 11.9 Å². The Morgan fingerprint density at radius 3 is 2.89 bits per heavy atom. The zero-order chi connectivity index (χ0) is 13.7. The molecule has 0 atom stereocenters. The van der Waals surface area contributed by atoms with E-state index in [0.29, 0.717) is 17.8 Å². The largest absolute Gasteiger partial charge is 0.334 e. The summed E-state index contributed by atoms with van der Waals surface area (Å²) in [5, 5.41) is 5.35. The fraction of sp³-hybridized carbons (Fsp3) is 0.143. The molecule has 4 nitrogen and oxygen atoms in total. The van der Waals surface area contributed by atoms with Crippen molar-refractivity contribution in [2.75, 3.05) is 5.32 Å². The molecule has 1 aromatic carbocycles. The van der Waals surface area contributed by atoms with Crippen molar-refractivity contribution < 1.29 is 9.18 Å². The molecule has 98 valence electrons. The number of amides is 2. The third kappa shape index (κ3) is 3.77. The second kappa shape index (κ2) is 5.95. The minimum Gasteiger partial charge on any atom is -0.334 e. The van der Waals surface area contributed by atoms with Gasteiger partial charge in [-0.05, 0) is 36.2 Å². The first-order valence-electron chi connectivity index (χ1n) is 5.85. The van der Waals surface area contributed by atoms with Gasteiger partial charge in [-0.1, -0.05) is 12.1 Å². The van der Waals surface area contributed by atoms with Crippen LogP contribution in [0.2, 0.25) is 0 Å². The number of carbonyl (C=O) groups is 1. The van der Waals surface area contributed by atoms with Crippen LogP contribution in [0.25, 0.3) is 0 Å². The molecule has 1 heterocycles. The second-order valence-electron chi connectivity index (χ2n) is 4.13. The van der Waals surface area contributed by atoms with Crippen LogP contribution < -0.4 is 10.6 Å². The SMILES string of the molecule is Cc1cc(CNC(=O)Nc2cccnc2)ccc1F. The van der Waals surface area contributed by atoms with Crippen molar-refractivity contribution in [2.24, 2.45) is 0 Å². The van der Waals surface area contributed by atoms with Crippen molar-refractivity contribution in [3.8, 4) is 0 Å². The molecule has 0 unspecified atom stereocenters. The number of aromatic nitrogens is 1. The van der Waals surface area contributed by atoms with Crippen molar-refractivity contribution >= 4 is 11.7 Å². The van der Waals surface area contributed by atoms with Crippen LogP contribution in [0.4, 0.5) is 14.9 Å². The van der Waals surface area contributed by atoms with Gasteiger partial charge in [0.25, 0.3) is 0 Å². The van der Waals surface area contributed by atoms with E-state index in [1.165, 1.54) is 6.07 Å². The molecule has 19 heavy (non-hydrogen) atoms. The molecule has 5 heteroatoms. The maximum Gasteiger partial charge on any atom is 0.319 e. The average molecular weight is 259 g/mol. The third-order valence-corrected chi connectivity index (χ3v) is 2.59. The summed E-state index contributed by atoms with van der Waals surface area (Å²) in [6, 6.07) is 7.90. The molecule has 0 aliphatic carbocycles. The van der Waals surface area contributed by atoms with Gasteiger partial charge in [0.15, 0.2) is 0 Å². The summed E-state index contributed by atoms with van der Waals surface area (Å²) >= 11 is 0. The van der Waals surface area contributed by atoms with E-state index in [-0.39, 0.29) is 11.8 Å². The Labute approximate surface area is 110 Å². The molecule has 0 bridgehead atoms. The number of anilines is 1. The molecule has 2 aromatic rings. The summed E-state index contributed by atoms with van der Waals surface area (Å²) < 4.78 is 13.1. The number of urea groups is 1. The van der Waals surface area contributed by atoms with Crippen molar-refractivity contribution in [3.05, 3.63) is 59.7 Å². The van der Waals surface area contributed by atoms with Crippen molar-refractivity contribution in [2.45, 2.75) is 13.5 Å². The Balaban J connectivity index is 1.88. The topological polar surface area (TPSA) is 54.0 Å². The van der Waals surface area contributed by atoms with Crippen LogP contribution >= 0.6 is 0 Å². The molecule has 2 rings (SSSR count). The number of halogens is 1. The highest BCUT2D eigenvalue weighted by Crippen LogP contribution is 2.09. The maximum atomic E-state index is 13.1. The highest BCUT2D eigenvalue weighted by atomic mass is 19.1. The minimum atomic E-state index is -0.324. The number of hydrogen-bond donors (Lipinski definition) is 2. The molecule has 2 N–H and O–H groups in total. The first-order valence-corrected chi connectivity index (χ1v) is 5.85. The fourth-order valence-electron chi connectivity index (χ4n) is 1.61. The van der Waals surface area contributed by atoms with Crippen LogP contribution in [0.3, 0.4) is 0 Å². The van der Waals surface area contributed by atoms with Crippen LogP contribution in [0.5, 0.6) is 0 Å². The Hall–Kier alpha value is -2.43. The number of pyridine rings is 1. The van der Waals surface area contributed by atoms with E-state index < -0.39 is 0 Å². The number of hydrogen-bond acceptors (Lipinski definition) is 2. The molecular formula is C14H14FN3O. The summed E-state index contributed by atoms with van der Waals surface area (Å²) in [5.41, 5.74) is 2.03. The van der Waals surface area contributed by atoms with Gasteiger partial charge in [-0.15, -0.1) is 0 Å². The predicted octanol–water partition coefficient (Wildman–Crippen LogP) is 2.85. The first kappa shape index (κ1) is 13.0. The van der Waals surface area contributed by atoms with E-state index in [1.54, 1.807) is 43.6 Å². The zero-order valence-electron chi connectivity index (χ0n) is 10.5. The second-order valence-corrected chi connectivity index (χ2v) is 4.13. The quantitative estimate of drug-likeness (QED) is 0.890. The predicted molar refractivity (Wildman–Crippen MR) is 71.2 cm³/mol. The number of carbonyl (C=O) groups excluding carboxylic acids is 1. The number of rotatable bonds is 3. The van der Waals surface area contributed by atoms with Gasteiger partial charge >= 0.3 is 6.03 Å². The van der Waals surface area contributed by atoms with Gasteiger partial charge in [-0.2, -0.15) is 0 Å². The van der Waals surface area contributed by atoms with Crippen LogP contribution in [0, 0.1) is 12.7 Å². The summed E-state index contributed by atoms with van der Waals surface area (Å²) in [5.74, 6) is -0.247. The Kier molecular flexibility index (Phi) is 4.07. The lowest BCUT2D eigenvalue weighted by Crippen LogP contribution is -2.28. The van der Waals surface area contributed by atoms with Crippen LogP contribution in [0.1, 0.15) is 11.1 Å². The molecule has 0 saturated heterocycles. The van der Waals surface area contributed by atoms with Crippen molar-refractivity contribution in [1.82, 2.24) is 10.3 Å². The summed E-state index contributed by atoms with van der Waals surface area (Å²) in [6.45, 7) is 2.03. The lowest BCUT2D eigenvalue weighted by molar-refractivity contribution is 0.251. The van der Waals surface area contributed by atoms with Gasteiger partial charge in [0.1, 0.15) is 5.82 Å². The molecule has 0 spiro atoms. The lowest BCUT2D eigenvalue weighted by atomic mass is 10.1. The van der Waals surface area contributed by atoms with E-state index >= 15 is 0 Å². The Bertz CT molecular complexity index is 572. The Morgan fingerprint density at radius 1 is 1.37 bits per heavy atom. The summed E-state index contributed by atoms with van der Waals surface area (Å²) in [7, 11) is 0. The molecule has 0 fully saturated rings. The molecule has 1 aromatic heterocycles. The molecule has 2 amide bonds. The Morgan fingerprint density at radius 2 is 2.21 bits per heavy atom. The minimum absolute atomic E-state index is 0.247. The first-order chi connectivity index (χ1) is 9.15. The highest BCUT2D eigenvalue weighted by Gasteiger charge is 2.03. The van der Waals surface area contributed by atoms with Gasteiger partial charge in [-0.3, -0.25) is 4.98 Å². The van der Waals surface area contributed by atoms with E-state index in [9.17, 15) is 9.18 Å². The molecule has 0 aliphatic heterocycles. The standard InChI is InChI=1S/C14H14FN3O/c1-10-7-11(4-5-13(10)15)8-17-14(19)18-12-3-2-6-16-9-12/h2-7,9H,8H2,1H3,(H2,17,18,19). The number of nitrogens with one attached hydrogen (secondary N) is 2. The zero-order valence-corrected chi connectivity index (χ0v) is 10.5. The molecule has 0 aliphatic rings. The van der Waals surface area contributed by atoms with E-state index in [4.69, 9.17) is 0 Å². The van der Waals surface area contributed by atoms with Crippen LogP contribution in [-0.4, -0.2) is 11.0 Å². The van der Waals surface area contributed by atoms with Gasteiger partial charge < -0.3 is 10.6 Å².